The number of alkyl halides is 2. The summed E-state index contributed by atoms with van der Waals surface area (Å²) in [5.74, 6) is -0.648. The summed E-state index contributed by atoms with van der Waals surface area (Å²) in [5.41, 5.74) is 2.26. The van der Waals surface area contributed by atoms with Gasteiger partial charge in [-0.2, -0.15) is 5.10 Å². The number of hydrogen-bond acceptors (Lipinski definition) is 4. The summed E-state index contributed by atoms with van der Waals surface area (Å²) in [4.78, 5) is 12.8. The lowest BCUT2D eigenvalue weighted by atomic mass is 9.93. The first-order chi connectivity index (χ1) is 15.8. The molecule has 1 aliphatic heterocycles. The monoisotopic (exact) mass is 454 g/mol. The van der Waals surface area contributed by atoms with Crippen molar-refractivity contribution >= 4 is 22.2 Å². The molecule has 0 radical (unpaired) electrons. The molecule has 3 aromatic rings. The van der Waals surface area contributed by atoms with Gasteiger partial charge in [0, 0.05) is 24.5 Å². The fraction of sp³-hybridized carbons (Fsp3) is 0.280. The van der Waals surface area contributed by atoms with Crippen LogP contribution in [0.4, 0.5) is 19.0 Å². The summed E-state index contributed by atoms with van der Waals surface area (Å²) in [7, 11) is 1.53. The molecule has 1 aromatic heterocycles. The largest absolute Gasteiger partial charge is 0.358 e. The van der Waals surface area contributed by atoms with E-state index in [1.54, 1.807) is 0 Å². The van der Waals surface area contributed by atoms with Crippen LogP contribution in [0.2, 0.25) is 0 Å². The molecule has 0 saturated carbocycles. The fourth-order valence-electron chi connectivity index (χ4n) is 4.21. The van der Waals surface area contributed by atoms with Gasteiger partial charge in [-0.3, -0.25) is 4.79 Å². The Morgan fingerprint density at radius 2 is 2.00 bits per heavy atom. The highest BCUT2D eigenvalue weighted by Crippen LogP contribution is 2.33. The molecule has 172 valence electrons. The van der Waals surface area contributed by atoms with Crippen LogP contribution in [0.25, 0.3) is 16.3 Å². The molecule has 2 aromatic carbocycles. The van der Waals surface area contributed by atoms with Crippen LogP contribution >= 0.6 is 0 Å². The first-order valence-electron chi connectivity index (χ1n) is 10.7. The van der Waals surface area contributed by atoms with E-state index >= 15 is 0 Å². The number of aromatic nitrogens is 2. The van der Waals surface area contributed by atoms with Crippen LogP contribution < -0.4 is 16.2 Å². The van der Waals surface area contributed by atoms with Crippen LogP contribution in [0, 0.1) is 12.7 Å². The molecule has 0 fully saturated rings. The minimum Gasteiger partial charge on any atom is -0.358 e. The van der Waals surface area contributed by atoms with Gasteiger partial charge in [-0.15, -0.1) is 6.58 Å². The first kappa shape index (κ1) is 22.8. The van der Waals surface area contributed by atoms with Crippen molar-refractivity contribution in [1.82, 2.24) is 15.1 Å². The van der Waals surface area contributed by atoms with Gasteiger partial charge in [0.25, 0.3) is 12.0 Å². The van der Waals surface area contributed by atoms with Gasteiger partial charge in [-0.1, -0.05) is 30.4 Å². The molecule has 4 rings (SSSR count). The van der Waals surface area contributed by atoms with E-state index < -0.39 is 23.8 Å². The Morgan fingerprint density at radius 1 is 1.24 bits per heavy atom. The van der Waals surface area contributed by atoms with Crippen molar-refractivity contribution in [2.24, 2.45) is 7.05 Å². The zero-order chi connectivity index (χ0) is 23.7. The van der Waals surface area contributed by atoms with E-state index in [1.165, 1.54) is 35.5 Å². The molecule has 2 N–H and O–H groups in total. The molecule has 8 heteroatoms. The maximum atomic E-state index is 14.8. The van der Waals surface area contributed by atoms with E-state index in [4.69, 9.17) is 0 Å². The van der Waals surface area contributed by atoms with Crippen molar-refractivity contribution in [2.45, 2.75) is 25.8 Å². The lowest BCUT2D eigenvalue weighted by Crippen LogP contribution is -2.23. The molecule has 0 unspecified atom stereocenters. The summed E-state index contributed by atoms with van der Waals surface area (Å²) in [5, 5.41) is 11.8. The van der Waals surface area contributed by atoms with Gasteiger partial charge in [0.2, 0.25) is 0 Å². The van der Waals surface area contributed by atoms with Crippen molar-refractivity contribution in [3.05, 3.63) is 87.5 Å². The summed E-state index contributed by atoms with van der Waals surface area (Å²) >= 11 is 0. The number of halogens is 3. The molecular formula is C25H25F3N4O. The second-order valence-electron chi connectivity index (χ2n) is 8.08. The van der Waals surface area contributed by atoms with Crippen LogP contribution in [-0.4, -0.2) is 22.9 Å². The summed E-state index contributed by atoms with van der Waals surface area (Å²) in [6.07, 6.45) is 1.47. The average molecular weight is 454 g/mol. The number of anilines is 1. The Balaban J connectivity index is 1.85. The molecule has 1 aliphatic rings. The van der Waals surface area contributed by atoms with Crippen molar-refractivity contribution < 1.29 is 13.2 Å². The van der Waals surface area contributed by atoms with Gasteiger partial charge in [0.15, 0.2) is 5.82 Å². The molecule has 0 amide bonds. The summed E-state index contributed by atoms with van der Waals surface area (Å²) < 4.78 is 42.5. The fourth-order valence-corrected chi connectivity index (χ4v) is 4.21. The van der Waals surface area contributed by atoms with Crippen molar-refractivity contribution in [2.75, 3.05) is 18.4 Å². The van der Waals surface area contributed by atoms with E-state index in [9.17, 15) is 18.0 Å². The van der Waals surface area contributed by atoms with Crippen LogP contribution in [0.15, 0.2) is 53.9 Å². The minimum atomic E-state index is -2.93. The Labute approximate surface area is 189 Å². The van der Waals surface area contributed by atoms with Gasteiger partial charge >= 0.3 is 0 Å². The standard InChI is InChI=1S/C25H25F3N4O/c1-4-21(16-6-5-7-17(22(16)26)23(27)28)30-24-19-13-18(15-8-10-29-11-9-15)14(2)12-20(19)25(33)32(3)31-24/h4-8,12-13,21,23,29H,1,9-11H2,2-3H3,(H,30,31)/t21-/m1/s1. The lowest BCUT2D eigenvalue weighted by Gasteiger charge is -2.21. The van der Waals surface area contributed by atoms with E-state index in [1.807, 2.05) is 19.1 Å². The van der Waals surface area contributed by atoms with E-state index in [-0.39, 0.29) is 11.1 Å². The number of hydrogen-bond donors (Lipinski definition) is 2. The zero-order valence-corrected chi connectivity index (χ0v) is 18.5. The molecular weight excluding hydrogens is 429 g/mol. The number of fused-ring (bicyclic) bond motifs is 1. The lowest BCUT2D eigenvalue weighted by molar-refractivity contribution is 0.146. The summed E-state index contributed by atoms with van der Waals surface area (Å²) in [6, 6.07) is 6.80. The van der Waals surface area contributed by atoms with Crippen molar-refractivity contribution in [3.8, 4) is 0 Å². The highest BCUT2D eigenvalue weighted by Gasteiger charge is 2.22. The topological polar surface area (TPSA) is 59.0 Å². The smallest absolute Gasteiger partial charge is 0.274 e. The quantitative estimate of drug-likeness (QED) is 0.513. The highest BCUT2D eigenvalue weighted by atomic mass is 19.3. The van der Waals surface area contributed by atoms with Gasteiger partial charge in [-0.05, 0) is 48.7 Å². The Kier molecular flexibility index (Phi) is 6.37. The van der Waals surface area contributed by atoms with Crippen LogP contribution in [0.3, 0.4) is 0 Å². The van der Waals surface area contributed by atoms with Gasteiger partial charge in [0.05, 0.1) is 17.0 Å². The summed E-state index contributed by atoms with van der Waals surface area (Å²) in [6.45, 7) is 7.34. The molecule has 0 bridgehead atoms. The maximum Gasteiger partial charge on any atom is 0.274 e. The number of aryl methyl sites for hydroxylation is 2. The Hall–Kier alpha value is -3.39. The Morgan fingerprint density at radius 3 is 2.67 bits per heavy atom. The number of rotatable bonds is 6. The number of benzene rings is 2. The normalized spacial score (nSPS) is 14.9. The van der Waals surface area contributed by atoms with Crippen molar-refractivity contribution in [3.63, 3.8) is 0 Å². The van der Waals surface area contributed by atoms with Crippen LogP contribution in [-0.2, 0) is 7.05 Å². The predicted octanol–water partition coefficient (Wildman–Crippen LogP) is 5.03. The third-order valence-corrected chi connectivity index (χ3v) is 5.96. The van der Waals surface area contributed by atoms with Crippen LogP contribution in [0.1, 0.15) is 41.1 Å². The minimum absolute atomic E-state index is 0.0278. The average Bonchev–Trinajstić information content (AvgIpc) is 2.81. The van der Waals surface area contributed by atoms with Gasteiger partial charge in [0.1, 0.15) is 5.82 Å². The van der Waals surface area contributed by atoms with Crippen molar-refractivity contribution in [1.29, 1.82) is 0 Å². The molecule has 0 aliphatic carbocycles. The third kappa shape index (κ3) is 4.30. The van der Waals surface area contributed by atoms with Gasteiger partial charge in [-0.25, -0.2) is 17.9 Å². The first-order valence-corrected chi connectivity index (χ1v) is 10.7. The molecule has 0 spiro atoms. The van der Waals surface area contributed by atoms with E-state index in [0.717, 1.165) is 36.7 Å². The number of nitrogens with one attached hydrogen (secondary N) is 2. The second kappa shape index (κ2) is 9.23. The highest BCUT2D eigenvalue weighted by molar-refractivity contribution is 5.94. The molecule has 0 saturated heterocycles. The Bertz CT molecular complexity index is 1310. The zero-order valence-electron chi connectivity index (χ0n) is 18.5. The van der Waals surface area contributed by atoms with E-state index in [0.29, 0.717) is 16.6 Å². The molecule has 5 nitrogen and oxygen atoms in total. The molecule has 2 heterocycles. The molecule has 33 heavy (non-hydrogen) atoms. The van der Waals surface area contributed by atoms with E-state index in [2.05, 4.69) is 28.4 Å². The maximum absolute atomic E-state index is 14.8. The SMILES string of the molecule is C=C[C@@H](Nc1nn(C)c(=O)c2cc(C)c(C3=CCNCC3)cc12)c1cccc(C(F)F)c1F. The predicted molar refractivity (Wildman–Crippen MR) is 125 cm³/mol. The van der Waals surface area contributed by atoms with Gasteiger partial charge < -0.3 is 10.6 Å². The van der Waals surface area contributed by atoms with Crippen LogP contribution in [0.5, 0.6) is 0 Å². The third-order valence-electron chi connectivity index (χ3n) is 5.96. The molecule has 1 atom stereocenters. The number of nitrogens with zero attached hydrogens (tertiary/aromatic N) is 2. The second-order valence-corrected chi connectivity index (χ2v) is 8.08.